The number of amides is 3. The molecule has 3 amide bonds. The molecule has 6 nitrogen and oxygen atoms in total. The van der Waals surface area contributed by atoms with Gasteiger partial charge in [0.15, 0.2) is 0 Å². The summed E-state index contributed by atoms with van der Waals surface area (Å²) < 4.78 is 0. The lowest BCUT2D eigenvalue weighted by atomic mass is 10.1. The first-order valence-electron chi connectivity index (χ1n) is 8.22. The van der Waals surface area contributed by atoms with Crippen LogP contribution >= 0.6 is 11.8 Å². The Morgan fingerprint density at radius 2 is 2.08 bits per heavy atom. The van der Waals surface area contributed by atoms with Gasteiger partial charge in [0.2, 0.25) is 11.8 Å². The third-order valence-corrected chi connectivity index (χ3v) is 5.43. The summed E-state index contributed by atoms with van der Waals surface area (Å²) in [6.07, 6.45) is 2.45. The molecule has 0 radical (unpaired) electrons. The minimum absolute atomic E-state index is 0.0544. The Hall–Kier alpha value is -2.02. The van der Waals surface area contributed by atoms with Crippen molar-refractivity contribution >= 4 is 35.2 Å². The Bertz CT molecular complexity index is 671. The molecule has 0 spiro atoms. The molecular weight excluding hydrogens is 326 g/mol. The van der Waals surface area contributed by atoms with Gasteiger partial charge in [0.1, 0.15) is 0 Å². The number of thioether (sulfide) groups is 1. The van der Waals surface area contributed by atoms with Gasteiger partial charge in [-0.1, -0.05) is 0 Å². The van der Waals surface area contributed by atoms with Crippen LogP contribution in [-0.2, 0) is 9.59 Å². The van der Waals surface area contributed by atoms with Crippen LogP contribution in [0.5, 0.6) is 0 Å². The van der Waals surface area contributed by atoms with Gasteiger partial charge >= 0.3 is 0 Å². The number of nitrogens with zero attached hydrogens (tertiary/aromatic N) is 1. The number of hydrogen-bond donors (Lipinski definition) is 2. The third-order valence-electron chi connectivity index (χ3n) is 4.26. The predicted octanol–water partition coefficient (Wildman–Crippen LogP) is 1.86. The van der Waals surface area contributed by atoms with E-state index in [4.69, 9.17) is 0 Å². The van der Waals surface area contributed by atoms with Crippen molar-refractivity contribution in [3.8, 4) is 0 Å². The van der Waals surface area contributed by atoms with Gasteiger partial charge in [-0.15, -0.1) is 11.8 Å². The van der Waals surface area contributed by atoms with E-state index < -0.39 is 0 Å². The summed E-state index contributed by atoms with van der Waals surface area (Å²) in [4.78, 5) is 38.7. The van der Waals surface area contributed by atoms with Crippen LogP contribution < -0.4 is 10.6 Å². The van der Waals surface area contributed by atoms with E-state index in [2.05, 4.69) is 10.6 Å². The van der Waals surface area contributed by atoms with Gasteiger partial charge in [-0.2, -0.15) is 0 Å². The van der Waals surface area contributed by atoms with Crippen LogP contribution in [0.15, 0.2) is 23.1 Å². The first-order chi connectivity index (χ1) is 11.5. The molecule has 1 atom stereocenters. The van der Waals surface area contributed by atoms with Crippen molar-refractivity contribution in [1.29, 1.82) is 0 Å². The lowest BCUT2D eigenvalue weighted by molar-refractivity contribution is -0.130. The van der Waals surface area contributed by atoms with Crippen molar-refractivity contribution < 1.29 is 14.4 Å². The molecule has 3 rings (SSSR count). The molecule has 1 fully saturated rings. The molecule has 0 bridgehead atoms. The highest BCUT2D eigenvalue weighted by Gasteiger charge is 2.24. The van der Waals surface area contributed by atoms with Crippen LogP contribution in [0.1, 0.15) is 36.5 Å². The molecule has 7 heteroatoms. The van der Waals surface area contributed by atoms with Crippen molar-refractivity contribution in [2.75, 3.05) is 25.0 Å². The van der Waals surface area contributed by atoms with Crippen molar-refractivity contribution in [2.24, 2.45) is 0 Å². The fourth-order valence-corrected chi connectivity index (χ4v) is 3.79. The zero-order valence-electron chi connectivity index (χ0n) is 13.6. The fraction of sp³-hybridized carbons (Fsp3) is 0.471. The summed E-state index contributed by atoms with van der Waals surface area (Å²) >= 11 is 1.48. The number of fused-ring (bicyclic) bond motifs is 1. The maximum Gasteiger partial charge on any atom is 0.251 e. The number of carbonyl (C=O) groups excluding carboxylic acids is 3. The number of carbonyl (C=O) groups is 3. The largest absolute Gasteiger partial charge is 0.352 e. The third kappa shape index (κ3) is 3.72. The standard InChI is InChI=1S/C17H21N3O3S/c1-11-16(22)19-13-10-12(4-5-14(13)24-11)17(23)18-7-6-15(21)20-8-2-3-9-20/h4-5,10-11H,2-3,6-9H2,1H3,(H,18,23)(H,19,22)/t11-/m1/s1. The average Bonchev–Trinajstić information content (AvgIpc) is 3.10. The second kappa shape index (κ2) is 7.25. The molecule has 24 heavy (non-hydrogen) atoms. The second-order valence-electron chi connectivity index (χ2n) is 6.05. The number of hydrogen-bond acceptors (Lipinski definition) is 4. The van der Waals surface area contributed by atoms with Crippen molar-refractivity contribution in [2.45, 2.75) is 36.3 Å². The SMILES string of the molecule is C[C@H]1Sc2ccc(C(=O)NCCC(=O)N3CCCC3)cc2NC1=O. The topological polar surface area (TPSA) is 78.5 Å². The Labute approximate surface area is 145 Å². The normalized spacial score (nSPS) is 19.6. The molecule has 0 aromatic heterocycles. The summed E-state index contributed by atoms with van der Waals surface area (Å²) in [7, 11) is 0. The molecule has 1 aromatic carbocycles. The van der Waals surface area contributed by atoms with E-state index in [-0.39, 0.29) is 23.0 Å². The van der Waals surface area contributed by atoms with Gasteiger partial charge in [0.25, 0.3) is 5.91 Å². The van der Waals surface area contributed by atoms with Gasteiger partial charge in [-0.05, 0) is 38.0 Å². The van der Waals surface area contributed by atoms with E-state index >= 15 is 0 Å². The molecule has 2 N–H and O–H groups in total. The summed E-state index contributed by atoms with van der Waals surface area (Å²) in [5.41, 5.74) is 1.15. The minimum atomic E-state index is -0.232. The van der Waals surface area contributed by atoms with Crippen LogP contribution in [0.4, 0.5) is 5.69 Å². The number of anilines is 1. The van der Waals surface area contributed by atoms with Crippen LogP contribution in [0.3, 0.4) is 0 Å². The maximum absolute atomic E-state index is 12.2. The van der Waals surface area contributed by atoms with Crippen LogP contribution in [0.25, 0.3) is 0 Å². The van der Waals surface area contributed by atoms with Gasteiger partial charge in [0, 0.05) is 36.5 Å². The lowest BCUT2D eigenvalue weighted by Crippen LogP contribution is -2.32. The number of rotatable bonds is 4. The molecule has 1 saturated heterocycles. The van der Waals surface area contributed by atoms with Crippen LogP contribution in [-0.4, -0.2) is 47.5 Å². The van der Waals surface area contributed by atoms with E-state index in [1.807, 2.05) is 17.9 Å². The highest BCUT2D eigenvalue weighted by Crippen LogP contribution is 2.35. The first-order valence-corrected chi connectivity index (χ1v) is 9.10. The van der Waals surface area contributed by atoms with Gasteiger partial charge < -0.3 is 15.5 Å². The lowest BCUT2D eigenvalue weighted by Gasteiger charge is -2.21. The zero-order chi connectivity index (χ0) is 17.1. The number of benzene rings is 1. The fourth-order valence-electron chi connectivity index (χ4n) is 2.86. The monoisotopic (exact) mass is 347 g/mol. The van der Waals surface area contributed by atoms with Gasteiger partial charge in [-0.3, -0.25) is 14.4 Å². The summed E-state index contributed by atoms with van der Waals surface area (Å²) in [5.74, 6) is -0.193. The molecule has 128 valence electrons. The minimum Gasteiger partial charge on any atom is -0.352 e. The first kappa shape index (κ1) is 16.8. The van der Waals surface area contributed by atoms with E-state index in [9.17, 15) is 14.4 Å². The van der Waals surface area contributed by atoms with E-state index in [1.54, 1.807) is 12.1 Å². The Kier molecular flexibility index (Phi) is 5.08. The quantitative estimate of drug-likeness (QED) is 0.871. The van der Waals surface area contributed by atoms with Gasteiger partial charge in [-0.25, -0.2) is 0 Å². The average molecular weight is 347 g/mol. The van der Waals surface area contributed by atoms with E-state index in [0.717, 1.165) is 30.8 Å². The summed E-state index contributed by atoms with van der Waals surface area (Å²) in [5, 5.41) is 5.46. The number of likely N-dealkylation sites (tertiary alicyclic amines) is 1. The van der Waals surface area contributed by atoms with Crippen molar-refractivity contribution in [3.63, 3.8) is 0 Å². The predicted molar refractivity (Wildman–Crippen MR) is 93.2 cm³/mol. The molecule has 0 unspecified atom stereocenters. The Morgan fingerprint density at radius 3 is 2.83 bits per heavy atom. The summed E-state index contributed by atoms with van der Waals surface area (Å²) in [6.45, 7) is 3.82. The van der Waals surface area contributed by atoms with Crippen molar-refractivity contribution in [1.82, 2.24) is 10.2 Å². The molecular formula is C17H21N3O3S. The second-order valence-corrected chi connectivity index (χ2v) is 7.44. The smallest absolute Gasteiger partial charge is 0.251 e. The highest BCUT2D eigenvalue weighted by atomic mass is 32.2. The van der Waals surface area contributed by atoms with Crippen LogP contribution in [0, 0.1) is 0 Å². The van der Waals surface area contributed by atoms with E-state index in [1.165, 1.54) is 11.8 Å². The van der Waals surface area contributed by atoms with Gasteiger partial charge in [0.05, 0.1) is 10.9 Å². The Morgan fingerprint density at radius 1 is 1.33 bits per heavy atom. The van der Waals surface area contributed by atoms with Crippen LogP contribution in [0.2, 0.25) is 0 Å². The zero-order valence-corrected chi connectivity index (χ0v) is 14.4. The molecule has 2 aliphatic heterocycles. The molecule has 2 aliphatic rings. The number of nitrogens with one attached hydrogen (secondary N) is 2. The Balaban J connectivity index is 1.54. The molecule has 1 aromatic rings. The highest BCUT2D eigenvalue weighted by molar-refractivity contribution is 8.00. The molecule has 0 saturated carbocycles. The maximum atomic E-state index is 12.2. The molecule has 0 aliphatic carbocycles. The van der Waals surface area contributed by atoms with Crippen molar-refractivity contribution in [3.05, 3.63) is 23.8 Å². The van der Waals surface area contributed by atoms with E-state index in [0.29, 0.717) is 24.2 Å². The summed E-state index contributed by atoms with van der Waals surface area (Å²) in [6, 6.07) is 5.28. The molecule has 2 heterocycles.